The van der Waals surface area contributed by atoms with Gasteiger partial charge in [-0.15, -0.1) is 0 Å². The van der Waals surface area contributed by atoms with Gasteiger partial charge in [0.25, 0.3) is 12.3 Å². The fourth-order valence-electron chi connectivity index (χ4n) is 5.16. The molecule has 8 heteroatoms. The van der Waals surface area contributed by atoms with Crippen LogP contribution < -0.4 is 4.74 Å². The summed E-state index contributed by atoms with van der Waals surface area (Å²) in [5.41, 5.74) is 0.394. The van der Waals surface area contributed by atoms with Gasteiger partial charge in [-0.2, -0.15) is 0 Å². The monoisotopic (exact) mass is 490 g/mol. The van der Waals surface area contributed by atoms with Crippen LogP contribution in [0.15, 0.2) is 48.5 Å². The van der Waals surface area contributed by atoms with E-state index in [4.69, 9.17) is 9.47 Å². The number of morpholine rings is 1. The van der Waals surface area contributed by atoms with Crippen LogP contribution in [0.5, 0.6) is 5.75 Å². The maximum atomic E-state index is 13.3. The number of carbonyl (C=O) groups excluding carboxylic acids is 1. The molecule has 2 aromatic rings. The fourth-order valence-corrected chi connectivity index (χ4v) is 5.16. The SMILES string of the molecule is COc1cc(C(=O)N2CCC3(CC2)CN(CC(F)F)CC(c2ccccc2)O3)ccc1C(C)(C)O.[HH]. The standard InChI is InChI=1S/C27H34F2N2O4.H2/c1-26(2,33)21-10-9-20(15-22(21)34-3)25(32)31-13-11-27(12-14-31)18-30(17-24(28)29)16-23(35-27)19-7-5-4-6-8-19;/h4-10,15,23-24,33H,11-14,16-18H2,1-3H3;1H. The van der Waals surface area contributed by atoms with Crippen LogP contribution in [0.3, 0.4) is 0 Å². The number of benzene rings is 2. The summed E-state index contributed by atoms with van der Waals surface area (Å²) in [6, 6.07) is 14.8. The molecular weight excluding hydrogens is 454 g/mol. The van der Waals surface area contributed by atoms with E-state index in [1.165, 1.54) is 7.11 Å². The fraction of sp³-hybridized carbons (Fsp3) is 0.519. The van der Waals surface area contributed by atoms with E-state index in [1.54, 1.807) is 41.8 Å². The zero-order valence-electron chi connectivity index (χ0n) is 20.5. The van der Waals surface area contributed by atoms with Crippen molar-refractivity contribution >= 4 is 5.91 Å². The molecule has 2 aliphatic rings. The van der Waals surface area contributed by atoms with Crippen molar-refractivity contribution in [1.82, 2.24) is 9.80 Å². The Balaban J connectivity index is 0.00000361. The van der Waals surface area contributed by atoms with Gasteiger partial charge in [0.15, 0.2) is 0 Å². The molecule has 2 aliphatic heterocycles. The third-order valence-electron chi connectivity index (χ3n) is 6.97. The lowest BCUT2D eigenvalue weighted by Crippen LogP contribution is -2.58. The molecule has 6 nitrogen and oxygen atoms in total. The summed E-state index contributed by atoms with van der Waals surface area (Å²) in [5.74, 6) is 0.334. The highest BCUT2D eigenvalue weighted by Crippen LogP contribution is 2.38. The van der Waals surface area contributed by atoms with Gasteiger partial charge in [-0.1, -0.05) is 36.4 Å². The van der Waals surface area contributed by atoms with E-state index in [0.29, 0.717) is 55.9 Å². The number of ether oxygens (including phenoxy) is 2. The minimum atomic E-state index is -2.41. The molecule has 0 aliphatic carbocycles. The van der Waals surface area contributed by atoms with Gasteiger partial charge < -0.3 is 19.5 Å². The molecule has 0 bridgehead atoms. The number of alkyl halides is 2. The lowest BCUT2D eigenvalue weighted by molar-refractivity contribution is -0.180. The van der Waals surface area contributed by atoms with E-state index in [1.807, 2.05) is 30.3 Å². The van der Waals surface area contributed by atoms with Gasteiger partial charge in [0.1, 0.15) is 5.75 Å². The van der Waals surface area contributed by atoms with Crippen molar-refractivity contribution in [3.63, 3.8) is 0 Å². The Bertz CT molecular complexity index is 1020. The first-order valence-electron chi connectivity index (χ1n) is 12.0. The number of piperidine rings is 1. The molecule has 1 N–H and O–H groups in total. The molecule has 35 heavy (non-hydrogen) atoms. The Hall–Kier alpha value is -2.55. The highest BCUT2D eigenvalue weighted by molar-refractivity contribution is 5.95. The number of amides is 1. The Morgan fingerprint density at radius 1 is 1.23 bits per heavy atom. The molecule has 2 fully saturated rings. The molecule has 2 saturated heterocycles. The van der Waals surface area contributed by atoms with Crippen molar-refractivity contribution in [2.45, 2.75) is 50.4 Å². The zero-order chi connectivity index (χ0) is 25.2. The average molecular weight is 491 g/mol. The second-order valence-electron chi connectivity index (χ2n) is 10.1. The summed E-state index contributed by atoms with van der Waals surface area (Å²) < 4.78 is 38.5. The number of aliphatic hydroxyl groups is 1. The van der Waals surface area contributed by atoms with E-state index < -0.39 is 17.6 Å². The minimum absolute atomic E-state index is 0. The minimum Gasteiger partial charge on any atom is -0.496 e. The second kappa shape index (κ2) is 10.2. The largest absolute Gasteiger partial charge is 0.496 e. The number of halogens is 2. The van der Waals surface area contributed by atoms with Crippen LogP contribution >= 0.6 is 0 Å². The van der Waals surface area contributed by atoms with Crippen molar-refractivity contribution in [2.75, 3.05) is 39.8 Å². The predicted octanol–water partition coefficient (Wildman–Crippen LogP) is 4.48. The molecule has 1 spiro atoms. The molecule has 4 rings (SSSR count). The lowest BCUT2D eigenvalue weighted by Gasteiger charge is -2.50. The van der Waals surface area contributed by atoms with E-state index in [-0.39, 0.29) is 20.0 Å². The first kappa shape index (κ1) is 25.5. The normalized spacial score (nSPS) is 20.9. The first-order valence-corrected chi connectivity index (χ1v) is 12.0. The molecule has 2 aromatic carbocycles. The molecule has 0 aromatic heterocycles. The summed E-state index contributed by atoms with van der Waals surface area (Å²) in [4.78, 5) is 16.8. The summed E-state index contributed by atoms with van der Waals surface area (Å²) in [7, 11) is 1.51. The molecule has 1 unspecified atom stereocenters. The molecule has 1 amide bonds. The van der Waals surface area contributed by atoms with Crippen LogP contribution in [0.1, 0.15) is 55.7 Å². The summed E-state index contributed by atoms with van der Waals surface area (Å²) in [6.07, 6.45) is -1.56. The third-order valence-corrected chi connectivity index (χ3v) is 6.97. The van der Waals surface area contributed by atoms with Crippen LogP contribution in [0.25, 0.3) is 0 Å². The van der Waals surface area contributed by atoms with Gasteiger partial charge in [-0.3, -0.25) is 9.69 Å². The molecule has 1 atom stereocenters. The van der Waals surface area contributed by atoms with Gasteiger partial charge in [-0.25, -0.2) is 8.78 Å². The van der Waals surface area contributed by atoms with E-state index in [0.717, 1.165) is 5.56 Å². The van der Waals surface area contributed by atoms with Crippen LogP contribution in [0, 0.1) is 0 Å². The smallest absolute Gasteiger partial charge is 0.253 e. The van der Waals surface area contributed by atoms with E-state index >= 15 is 0 Å². The Kier molecular flexibility index (Phi) is 7.45. The van der Waals surface area contributed by atoms with Gasteiger partial charge in [0.05, 0.1) is 31.0 Å². The van der Waals surface area contributed by atoms with Crippen LogP contribution in [-0.4, -0.2) is 72.7 Å². The van der Waals surface area contributed by atoms with E-state index in [2.05, 4.69) is 0 Å². The highest BCUT2D eigenvalue weighted by atomic mass is 19.3. The zero-order valence-corrected chi connectivity index (χ0v) is 20.5. The van der Waals surface area contributed by atoms with Crippen LogP contribution in [0.2, 0.25) is 0 Å². The lowest BCUT2D eigenvalue weighted by atomic mass is 9.87. The van der Waals surface area contributed by atoms with Crippen molar-refractivity contribution < 1.29 is 29.6 Å². The third kappa shape index (κ3) is 5.82. The number of hydrogen-bond donors (Lipinski definition) is 1. The summed E-state index contributed by atoms with van der Waals surface area (Å²) in [6.45, 7) is 4.84. The predicted molar refractivity (Wildman–Crippen MR) is 131 cm³/mol. The second-order valence-corrected chi connectivity index (χ2v) is 10.1. The summed E-state index contributed by atoms with van der Waals surface area (Å²) >= 11 is 0. The number of carbonyl (C=O) groups is 1. The molecular formula is C27H36F2N2O4. The molecule has 2 heterocycles. The van der Waals surface area contributed by atoms with Crippen LogP contribution in [-0.2, 0) is 10.3 Å². The number of methoxy groups -OCH3 is 1. The van der Waals surface area contributed by atoms with Gasteiger partial charge in [-0.05, 0) is 44.4 Å². The van der Waals surface area contributed by atoms with Gasteiger partial charge in [0, 0.05) is 38.7 Å². The highest BCUT2D eigenvalue weighted by Gasteiger charge is 2.44. The van der Waals surface area contributed by atoms with Crippen molar-refractivity contribution in [3.8, 4) is 5.75 Å². The van der Waals surface area contributed by atoms with Crippen molar-refractivity contribution in [3.05, 3.63) is 65.2 Å². The number of likely N-dealkylation sites (tertiary alicyclic amines) is 1. The molecule has 0 saturated carbocycles. The van der Waals surface area contributed by atoms with Gasteiger partial charge >= 0.3 is 0 Å². The maximum absolute atomic E-state index is 13.3. The summed E-state index contributed by atoms with van der Waals surface area (Å²) in [5, 5.41) is 10.4. The Labute approximate surface area is 206 Å². The average Bonchev–Trinajstić information content (AvgIpc) is 2.83. The Morgan fingerprint density at radius 2 is 1.91 bits per heavy atom. The molecule has 0 radical (unpaired) electrons. The maximum Gasteiger partial charge on any atom is 0.253 e. The topological polar surface area (TPSA) is 62.2 Å². The van der Waals surface area contributed by atoms with Crippen molar-refractivity contribution in [2.24, 2.45) is 0 Å². The first-order chi connectivity index (χ1) is 16.6. The van der Waals surface area contributed by atoms with Crippen molar-refractivity contribution in [1.29, 1.82) is 0 Å². The number of rotatable bonds is 6. The number of hydrogen-bond acceptors (Lipinski definition) is 5. The Morgan fingerprint density at radius 3 is 2.51 bits per heavy atom. The molecule has 192 valence electrons. The van der Waals surface area contributed by atoms with Crippen LogP contribution in [0.4, 0.5) is 8.78 Å². The number of nitrogens with zero attached hydrogens (tertiary/aromatic N) is 2. The van der Waals surface area contributed by atoms with E-state index in [9.17, 15) is 18.7 Å². The van der Waals surface area contributed by atoms with Gasteiger partial charge in [0.2, 0.25) is 0 Å². The quantitative estimate of drug-likeness (QED) is 0.647.